The van der Waals surface area contributed by atoms with Crippen LogP contribution in [0.25, 0.3) is 0 Å². The van der Waals surface area contributed by atoms with E-state index in [-0.39, 0.29) is 17.9 Å². The highest BCUT2D eigenvalue weighted by molar-refractivity contribution is 6.03. The Morgan fingerprint density at radius 3 is 2.75 bits per heavy atom. The van der Waals surface area contributed by atoms with E-state index < -0.39 is 23.8 Å². The lowest BCUT2D eigenvalue weighted by molar-refractivity contribution is -0.137. The van der Waals surface area contributed by atoms with Gasteiger partial charge in [-0.1, -0.05) is 18.1 Å². The number of amidine groups is 1. The molecule has 4 nitrogen and oxygen atoms in total. The number of carbonyl (C=O) groups is 1. The topological polar surface area (TPSA) is 58.7 Å². The zero-order valence-corrected chi connectivity index (χ0v) is 10.2. The Hall–Kier alpha value is -2.49. The number of terminal acetylenes is 1. The molecule has 0 spiro atoms. The number of alkyl halides is 3. The molecule has 2 rings (SSSR count). The zero-order chi connectivity index (χ0) is 14.9. The second-order valence-corrected chi connectivity index (χ2v) is 4.18. The summed E-state index contributed by atoms with van der Waals surface area (Å²) in [6, 6.07) is 3.07. The van der Waals surface area contributed by atoms with Crippen LogP contribution in [0.15, 0.2) is 29.3 Å². The second kappa shape index (κ2) is 4.89. The molecule has 0 fully saturated rings. The zero-order valence-electron chi connectivity index (χ0n) is 10.2. The molecule has 2 amide bonds. The summed E-state index contributed by atoms with van der Waals surface area (Å²) in [5, 5.41) is 0. The number of carbonyl (C=O) groups excluding carboxylic acids is 1. The van der Waals surface area contributed by atoms with Gasteiger partial charge in [-0.2, -0.15) is 18.2 Å². The number of hydrogen-bond acceptors (Lipinski definition) is 2. The summed E-state index contributed by atoms with van der Waals surface area (Å²) in [6.07, 6.45) is 0.669. The molecule has 20 heavy (non-hydrogen) atoms. The van der Waals surface area contributed by atoms with Gasteiger partial charge in [-0.15, -0.1) is 6.42 Å². The van der Waals surface area contributed by atoms with Crippen LogP contribution in [0.2, 0.25) is 0 Å². The van der Waals surface area contributed by atoms with Crippen LogP contribution in [-0.4, -0.2) is 23.3 Å². The molecule has 0 bridgehead atoms. The summed E-state index contributed by atoms with van der Waals surface area (Å²) < 4.78 is 38.1. The van der Waals surface area contributed by atoms with Gasteiger partial charge in [-0.3, -0.25) is 4.90 Å². The van der Waals surface area contributed by atoms with Crippen molar-refractivity contribution in [1.82, 2.24) is 4.90 Å². The SMILES string of the molecule is C#CCN1C(=O)N=C(N)C1c1cccc(C(F)(F)F)c1. The minimum atomic E-state index is -4.47. The van der Waals surface area contributed by atoms with Gasteiger partial charge < -0.3 is 5.73 Å². The van der Waals surface area contributed by atoms with E-state index in [0.29, 0.717) is 0 Å². The van der Waals surface area contributed by atoms with E-state index in [1.165, 1.54) is 12.1 Å². The monoisotopic (exact) mass is 281 g/mol. The fraction of sp³-hybridized carbons (Fsp3) is 0.231. The summed E-state index contributed by atoms with van der Waals surface area (Å²) in [6.45, 7) is -0.0794. The molecule has 1 aromatic rings. The van der Waals surface area contributed by atoms with Crippen molar-refractivity contribution >= 4 is 11.9 Å². The Labute approximate surface area is 113 Å². The summed E-state index contributed by atoms with van der Waals surface area (Å²) in [4.78, 5) is 16.3. The molecule has 1 unspecified atom stereocenters. The van der Waals surface area contributed by atoms with Crippen LogP contribution in [-0.2, 0) is 6.18 Å². The van der Waals surface area contributed by atoms with Gasteiger partial charge >= 0.3 is 12.2 Å². The molecule has 0 aromatic heterocycles. The molecule has 1 aromatic carbocycles. The molecular weight excluding hydrogens is 271 g/mol. The van der Waals surface area contributed by atoms with Gasteiger partial charge in [0.05, 0.1) is 12.1 Å². The first-order valence-corrected chi connectivity index (χ1v) is 5.60. The Balaban J connectivity index is 2.42. The number of aliphatic imine (C=N–C) groups is 1. The average molecular weight is 281 g/mol. The van der Waals surface area contributed by atoms with Crippen molar-refractivity contribution in [3.05, 3.63) is 35.4 Å². The van der Waals surface area contributed by atoms with Crippen molar-refractivity contribution in [2.45, 2.75) is 12.2 Å². The third kappa shape index (κ3) is 2.45. The lowest BCUT2D eigenvalue weighted by Crippen LogP contribution is -2.33. The first-order chi connectivity index (χ1) is 9.34. The molecule has 0 saturated carbocycles. The average Bonchev–Trinajstić information content (AvgIpc) is 2.64. The number of hydrogen-bond donors (Lipinski definition) is 1. The van der Waals surface area contributed by atoms with Crippen LogP contribution in [0.5, 0.6) is 0 Å². The highest BCUT2D eigenvalue weighted by Gasteiger charge is 2.36. The van der Waals surface area contributed by atoms with E-state index in [1.54, 1.807) is 0 Å². The maximum Gasteiger partial charge on any atom is 0.416 e. The highest BCUT2D eigenvalue weighted by atomic mass is 19.4. The maximum absolute atomic E-state index is 12.7. The molecule has 1 atom stereocenters. The second-order valence-electron chi connectivity index (χ2n) is 4.18. The van der Waals surface area contributed by atoms with Crippen LogP contribution in [0.3, 0.4) is 0 Å². The molecule has 7 heteroatoms. The molecule has 104 valence electrons. The summed E-state index contributed by atoms with van der Waals surface area (Å²) in [5.74, 6) is 2.19. The third-order valence-corrected chi connectivity index (χ3v) is 2.85. The molecule has 2 N–H and O–H groups in total. The number of rotatable bonds is 2. The molecule has 1 heterocycles. The largest absolute Gasteiger partial charge is 0.416 e. The molecule has 0 radical (unpaired) electrons. The molecule has 1 aliphatic heterocycles. The van der Waals surface area contributed by atoms with Gasteiger partial charge in [0.15, 0.2) is 0 Å². The van der Waals surface area contributed by atoms with E-state index in [4.69, 9.17) is 12.2 Å². The van der Waals surface area contributed by atoms with Gasteiger partial charge in [-0.05, 0) is 17.7 Å². The van der Waals surface area contributed by atoms with Gasteiger partial charge in [-0.25, -0.2) is 4.79 Å². The minimum absolute atomic E-state index is 0.0652. The maximum atomic E-state index is 12.7. The summed E-state index contributed by atoms with van der Waals surface area (Å²) in [7, 11) is 0. The highest BCUT2D eigenvalue weighted by Crippen LogP contribution is 2.33. The molecular formula is C13H10F3N3O. The number of halogens is 3. The van der Waals surface area contributed by atoms with Gasteiger partial charge in [0.1, 0.15) is 11.9 Å². The van der Waals surface area contributed by atoms with E-state index in [2.05, 4.69) is 10.9 Å². The number of urea groups is 1. The van der Waals surface area contributed by atoms with Crippen LogP contribution >= 0.6 is 0 Å². The van der Waals surface area contributed by atoms with Crippen LogP contribution in [0, 0.1) is 12.3 Å². The van der Waals surface area contributed by atoms with Crippen LogP contribution in [0.1, 0.15) is 17.2 Å². The number of benzene rings is 1. The van der Waals surface area contributed by atoms with Crippen molar-refractivity contribution in [2.75, 3.05) is 6.54 Å². The predicted octanol–water partition coefficient (Wildman–Crippen LogP) is 2.17. The van der Waals surface area contributed by atoms with Crippen molar-refractivity contribution in [1.29, 1.82) is 0 Å². The Morgan fingerprint density at radius 1 is 1.45 bits per heavy atom. The first kappa shape index (κ1) is 13.9. The fourth-order valence-corrected chi connectivity index (χ4v) is 2.00. The molecule has 0 saturated heterocycles. The fourth-order valence-electron chi connectivity index (χ4n) is 2.00. The quantitative estimate of drug-likeness (QED) is 0.845. The first-order valence-electron chi connectivity index (χ1n) is 5.60. The van der Waals surface area contributed by atoms with E-state index in [9.17, 15) is 18.0 Å². The minimum Gasteiger partial charge on any atom is -0.385 e. The third-order valence-electron chi connectivity index (χ3n) is 2.85. The van der Waals surface area contributed by atoms with Crippen molar-refractivity contribution < 1.29 is 18.0 Å². The van der Waals surface area contributed by atoms with Gasteiger partial charge in [0.25, 0.3) is 0 Å². The van der Waals surface area contributed by atoms with Crippen LogP contribution < -0.4 is 5.73 Å². The smallest absolute Gasteiger partial charge is 0.385 e. The lowest BCUT2D eigenvalue weighted by Gasteiger charge is -2.23. The van der Waals surface area contributed by atoms with Crippen LogP contribution in [0.4, 0.5) is 18.0 Å². The summed E-state index contributed by atoms with van der Waals surface area (Å²) >= 11 is 0. The normalized spacial score (nSPS) is 18.9. The summed E-state index contributed by atoms with van der Waals surface area (Å²) in [5.41, 5.74) is 5.03. The van der Waals surface area contributed by atoms with Crippen molar-refractivity contribution in [3.8, 4) is 12.3 Å². The lowest BCUT2D eigenvalue weighted by atomic mass is 10.0. The number of nitrogens with zero attached hydrogens (tertiary/aromatic N) is 2. The Morgan fingerprint density at radius 2 is 2.15 bits per heavy atom. The van der Waals surface area contributed by atoms with Crippen molar-refractivity contribution in [3.63, 3.8) is 0 Å². The standard InChI is InChI=1S/C13H10F3N3O/c1-2-6-19-10(11(17)18-12(19)20)8-4-3-5-9(7-8)13(14,15)16/h1,3-5,7,10H,6H2,(H2,17,18,20). The predicted molar refractivity (Wildman–Crippen MR) is 66.7 cm³/mol. The number of amides is 2. The van der Waals surface area contributed by atoms with Gasteiger partial charge in [0.2, 0.25) is 0 Å². The Bertz CT molecular complexity index is 616. The molecule has 0 aliphatic carbocycles. The van der Waals surface area contributed by atoms with Crippen molar-refractivity contribution in [2.24, 2.45) is 10.7 Å². The Kier molecular flexibility index (Phi) is 3.40. The van der Waals surface area contributed by atoms with Gasteiger partial charge in [0, 0.05) is 0 Å². The van der Waals surface area contributed by atoms with E-state index in [0.717, 1.165) is 17.0 Å². The molecule has 1 aliphatic rings. The van der Waals surface area contributed by atoms with E-state index >= 15 is 0 Å². The van der Waals surface area contributed by atoms with E-state index in [1.807, 2.05) is 0 Å². The number of nitrogens with two attached hydrogens (primary N) is 1.